The lowest BCUT2D eigenvalue weighted by Crippen LogP contribution is -2.18. The van der Waals surface area contributed by atoms with Crippen molar-refractivity contribution in [1.29, 1.82) is 0 Å². The summed E-state index contributed by atoms with van der Waals surface area (Å²) < 4.78 is 4.87. The quantitative estimate of drug-likeness (QED) is 0.717. The van der Waals surface area contributed by atoms with Gasteiger partial charge in [-0.05, 0) is 37.3 Å². The molecule has 126 valence electrons. The zero-order valence-electron chi connectivity index (χ0n) is 13.5. The monoisotopic (exact) mass is 336 g/mol. The van der Waals surface area contributed by atoms with Gasteiger partial charge < -0.3 is 15.0 Å². The van der Waals surface area contributed by atoms with Crippen LogP contribution in [-0.2, 0) is 4.74 Å². The number of nitrogens with one attached hydrogen (secondary N) is 2. The van der Waals surface area contributed by atoms with Gasteiger partial charge in [0.05, 0.1) is 12.1 Å². The van der Waals surface area contributed by atoms with Gasteiger partial charge in [-0.2, -0.15) is 0 Å². The third kappa shape index (κ3) is 3.42. The summed E-state index contributed by atoms with van der Waals surface area (Å²) in [6, 6.07) is 13.6. The van der Waals surface area contributed by atoms with E-state index in [2.05, 4.69) is 10.3 Å². The molecule has 1 heterocycles. The van der Waals surface area contributed by atoms with Gasteiger partial charge in [0, 0.05) is 22.8 Å². The van der Waals surface area contributed by atoms with Crippen molar-refractivity contribution in [1.82, 2.24) is 4.98 Å². The number of amides is 1. The molecule has 0 aliphatic rings. The normalized spacial score (nSPS) is 10.4. The Bertz CT molecular complexity index is 993. The Labute approximate surface area is 143 Å². The molecule has 0 saturated heterocycles. The maximum atomic E-state index is 12.4. The fourth-order valence-electron chi connectivity index (χ4n) is 2.45. The highest BCUT2D eigenvalue weighted by atomic mass is 16.5. The summed E-state index contributed by atoms with van der Waals surface area (Å²) in [6.07, 6.45) is 1.32. The second-order valence-corrected chi connectivity index (χ2v) is 5.33. The molecule has 0 unspecified atom stereocenters. The molecule has 2 aromatic carbocycles. The van der Waals surface area contributed by atoms with E-state index in [1.54, 1.807) is 49.4 Å². The van der Waals surface area contributed by atoms with Crippen LogP contribution >= 0.6 is 0 Å². The summed E-state index contributed by atoms with van der Waals surface area (Å²) in [4.78, 5) is 39.3. The minimum atomic E-state index is -0.660. The Kier molecular flexibility index (Phi) is 4.61. The molecular formula is C19H16N2O4. The Balaban J connectivity index is 1.91. The lowest BCUT2D eigenvalue weighted by atomic mass is 10.1. The summed E-state index contributed by atoms with van der Waals surface area (Å²) in [7, 11) is 0. The number of hydrogen-bond acceptors (Lipinski definition) is 4. The third-order valence-corrected chi connectivity index (χ3v) is 3.67. The molecule has 6 nitrogen and oxygen atoms in total. The minimum Gasteiger partial charge on any atom is -0.462 e. The molecule has 3 rings (SSSR count). The van der Waals surface area contributed by atoms with Gasteiger partial charge in [-0.1, -0.05) is 18.2 Å². The van der Waals surface area contributed by atoms with Gasteiger partial charge in [0.15, 0.2) is 0 Å². The van der Waals surface area contributed by atoms with Crippen molar-refractivity contribution in [3.63, 3.8) is 0 Å². The highest BCUT2D eigenvalue weighted by Crippen LogP contribution is 2.16. The second-order valence-electron chi connectivity index (χ2n) is 5.33. The van der Waals surface area contributed by atoms with Crippen LogP contribution in [0.25, 0.3) is 10.9 Å². The van der Waals surface area contributed by atoms with E-state index >= 15 is 0 Å². The van der Waals surface area contributed by atoms with Crippen LogP contribution in [0.1, 0.15) is 27.6 Å². The summed E-state index contributed by atoms with van der Waals surface area (Å²) in [5.41, 5.74) is 1.14. The highest BCUT2D eigenvalue weighted by molar-refractivity contribution is 6.05. The average molecular weight is 336 g/mol. The van der Waals surface area contributed by atoms with Crippen LogP contribution < -0.4 is 10.7 Å². The molecule has 0 saturated carbocycles. The van der Waals surface area contributed by atoms with E-state index in [9.17, 15) is 14.4 Å². The van der Waals surface area contributed by atoms with Crippen molar-refractivity contribution in [2.45, 2.75) is 6.92 Å². The minimum absolute atomic E-state index is 0.0459. The van der Waals surface area contributed by atoms with Crippen molar-refractivity contribution in [2.75, 3.05) is 11.9 Å². The van der Waals surface area contributed by atoms with E-state index in [1.165, 1.54) is 6.20 Å². The molecule has 0 bridgehead atoms. The Morgan fingerprint density at radius 1 is 1.12 bits per heavy atom. The fraction of sp³-hybridized carbons (Fsp3) is 0.105. The molecule has 0 radical (unpaired) electrons. The molecule has 6 heteroatoms. The number of carbonyl (C=O) groups excluding carboxylic acids is 2. The second kappa shape index (κ2) is 7.00. The Hall–Kier alpha value is -3.41. The Morgan fingerprint density at radius 2 is 1.88 bits per heavy atom. The summed E-state index contributed by atoms with van der Waals surface area (Å²) in [5.74, 6) is -0.905. The molecule has 3 aromatic rings. The van der Waals surface area contributed by atoms with Crippen LogP contribution in [0, 0.1) is 0 Å². The Morgan fingerprint density at radius 3 is 2.60 bits per heavy atom. The topological polar surface area (TPSA) is 88.3 Å². The van der Waals surface area contributed by atoms with Crippen LogP contribution in [0.4, 0.5) is 5.69 Å². The van der Waals surface area contributed by atoms with Crippen molar-refractivity contribution in [2.24, 2.45) is 0 Å². The zero-order valence-corrected chi connectivity index (χ0v) is 13.5. The van der Waals surface area contributed by atoms with E-state index in [0.29, 0.717) is 22.2 Å². The number of hydrogen-bond donors (Lipinski definition) is 2. The fourth-order valence-corrected chi connectivity index (χ4v) is 2.45. The molecule has 1 amide bonds. The third-order valence-electron chi connectivity index (χ3n) is 3.67. The first-order chi connectivity index (χ1) is 12.1. The molecule has 0 fully saturated rings. The van der Waals surface area contributed by atoms with Crippen LogP contribution in [0.2, 0.25) is 0 Å². The van der Waals surface area contributed by atoms with Gasteiger partial charge in [-0.3, -0.25) is 9.59 Å². The number of rotatable bonds is 4. The van der Waals surface area contributed by atoms with E-state index in [1.807, 2.05) is 6.07 Å². The number of aromatic amines is 1. The number of esters is 1. The highest BCUT2D eigenvalue weighted by Gasteiger charge is 2.14. The van der Waals surface area contributed by atoms with Crippen molar-refractivity contribution in [3.05, 3.63) is 76.1 Å². The van der Waals surface area contributed by atoms with Crippen molar-refractivity contribution < 1.29 is 14.3 Å². The zero-order chi connectivity index (χ0) is 17.8. The van der Waals surface area contributed by atoms with Gasteiger partial charge in [-0.15, -0.1) is 0 Å². The summed E-state index contributed by atoms with van der Waals surface area (Å²) >= 11 is 0. The average Bonchev–Trinajstić information content (AvgIpc) is 2.63. The predicted octanol–water partition coefficient (Wildman–Crippen LogP) is 2.96. The number of benzene rings is 2. The van der Waals surface area contributed by atoms with Gasteiger partial charge in [0.2, 0.25) is 5.43 Å². The SMILES string of the molecule is CCOC(=O)c1c[nH]c2cc(NC(=O)c3ccccc3)ccc2c1=O. The van der Waals surface area contributed by atoms with Crippen LogP contribution in [-0.4, -0.2) is 23.5 Å². The van der Waals surface area contributed by atoms with Crippen LogP contribution in [0.5, 0.6) is 0 Å². The number of fused-ring (bicyclic) bond motifs is 1. The smallest absolute Gasteiger partial charge is 0.343 e. The first-order valence-corrected chi connectivity index (χ1v) is 7.79. The van der Waals surface area contributed by atoms with E-state index in [4.69, 9.17) is 4.74 Å². The van der Waals surface area contributed by atoms with E-state index in [0.717, 1.165) is 0 Å². The first kappa shape index (κ1) is 16.4. The van der Waals surface area contributed by atoms with Gasteiger partial charge in [-0.25, -0.2) is 4.79 Å². The van der Waals surface area contributed by atoms with Crippen LogP contribution in [0.15, 0.2) is 59.5 Å². The summed E-state index contributed by atoms with van der Waals surface area (Å²) in [5, 5.41) is 3.13. The van der Waals surface area contributed by atoms with E-state index in [-0.39, 0.29) is 18.1 Å². The number of H-pyrrole nitrogens is 1. The number of carbonyl (C=O) groups is 2. The lowest BCUT2D eigenvalue weighted by Gasteiger charge is -2.07. The van der Waals surface area contributed by atoms with Gasteiger partial charge >= 0.3 is 5.97 Å². The van der Waals surface area contributed by atoms with E-state index < -0.39 is 11.4 Å². The molecule has 0 aliphatic heterocycles. The van der Waals surface area contributed by atoms with Crippen LogP contribution in [0.3, 0.4) is 0 Å². The molecule has 25 heavy (non-hydrogen) atoms. The molecule has 0 spiro atoms. The largest absolute Gasteiger partial charge is 0.462 e. The van der Waals surface area contributed by atoms with Gasteiger partial charge in [0.1, 0.15) is 5.56 Å². The van der Waals surface area contributed by atoms with Gasteiger partial charge in [0.25, 0.3) is 5.91 Å². The maximum Gasteiger partial charge on any atom is 0.343 e. The molecule has 0 atom stereocenters. The molecule has 1 aromatic heterocycles. The standard InChI is InChI=1S/C19H16N2O4/c1-2-25-19(24)15-11-20-16-10-13(8-9-14(16)17(15)22)21-18(23)12-6-4-3-5-7-12/h3-11H,2H2,1H3,(H,20,22)(H,21,23). The number of anilines is 1. The number of ether oxygens (including phenoxy) is 1. The maximum absolute atomic E-state index is 12.4. The molecular weight excluding hydrogens is 320 g/mol. The number of pyridine rings is 1. The first-order valence-electron chi connectivity index (χ1n) is 7.79. The summed E-state index contributed by atoms with van der Waals surface area (Å²) in [6.45, 7) is 1.87. The predicted molar refractivity (Wildman–Crippen MR) is 94.9 cm³/mol. The van der Waals surface area contributed by atoms with Crippen molar-refractivity contribution >= 4 is 28.5 Å². The molecule has 2 N–H and O–H groups in total. The molecule has 0 aliphatic carbocycles. The van der Waals surface area contributed by atoms with Crippen molar-refractivity contribution in [3.8, 4) is 0 Å². The lowest BCUT2D eigenvalue weighted by molar-refractivity contribution is 0.0524. The number of aromatic nitrogens is 1.